The van der Waals surface area contributed by atoms with E-state index < -0.39 is 21.8 Å². The minimum absolute atomic E-state index is 0.256. The van der Waals surface area contributed by atoms with Crippen LogP contribution in [0.2, 0.25) is 0 Å². The van der Waals surface area contributed by atoms with E-state index >= 15 is 0 Å². The summed E-state index contributed by atoms with van der Waals surface area (Å²) in [6, 6.07) is 11.5. The summed E-state index contributed by atoms with van der Waals surface area (Å²) < 4.78 is 65.2. The largest absolute Gasteiger partial charge is 0.416 e. The number of aromatic nitrogens is 1. The number of benzene rings is 2. The second kappa shape index (κ2) is 8.13. The summed E-state index contributed by atoms with van der Waals surface area (Å²) in [6.07, 6.45) is -1.56. The van der Waals surface area contributed by atoms with E-state index in [2.05, 4.69) is 4.98 Å². The smallest absolute Gasteiger partial charge is 0.236 e. The Morgan fingerprint density at radius 3 is 2.07 bits per heavy atom. The molecule has 1 fully saturated rings. The summed E-state index contributed by atoms with van der Waals surface area (Å²) in [4.78, 5) is 4.76. The molecule has 0 amide bonds. The highest BCUT2D eigenvalue weighted by Gasteiger charge is 2.30. The van der Waals surface area contributed by atoms with Gasteiger partial charge in [0.05, 0.1) is 16.2 Å². The Morgan fingerprint density at radius 1 is 0.867 bits per heavy atom. The number of nitrogens with zero attached hydrogens (tertiary/aromatic N) is 2. The number of thiazole rings is 1. The van der Waals surface area contributed by atoms with Gasteiger partial charge in [0.15, 0.2) is 0 Å². The van der Waals surface area contributed by atoms with Crippen LogP contribution in [0, 0.1) is 0 Å². The quantitative estimate of drug-likeness (QED) is 0.512. The summed E-state index contributed by atoms with van der Waals surface area (Å²) >= 11 is 1.32. The van der Waals surface area contributed by atoms with E-state index in [0.717, 1.165) is 37.0 Å². The maximum Gasteiger partial charge on any atom is 0.416 e. The molecule has 0 N–H and O–H groups in total. The molecule has 3 aromatic rings. The second-order valence-corrected chi connectivity index (χ2v) is 9.90. The summed E-state index contributed by atoms with van der Waals surface area (Å²) in [5, 5.41) is 2.41. The van der Waals surface area contributed by atoms with Crippen molar-refractivity contribution in [3.8, 4) is 21.8 Å². The van der Waals surface area contributed by atoms with Crippen molar-refractivity contribution in [2.75, 3.05) is 13.1 Å². The Bertz CT molecular complexity index is 1120. The molecular formula is C21H19F3N2O2S2. The summed E-state index contributed by atoms with van der Waals surface area (Å²) in [5.74, 6) is 0. The summed E-state index contributed by atoms with van der Waals surface area (Å²) in [6.45, 7) is 1.10. The Hall–Kier alpha value is -2.23. The van der Waals surface area contributed by atoms with Gasteiger partial charge in [-0.1, -0.05) is 30.7 Å². The molecule has 1 saturated heterocycles. The van der Waals surface area contributed by atoms with Crippen LogP contribution in [0.15, 0.2) is 58.8 Å². The third kappa shape index (κ3) is 4.28. The zero-order chi connectivity index (χ0) is 21.4. The first-order chi connectivity index (χ1) is 14.2. The molecule has 2 heterocycles. The predicted octanol–water partition coefficient (Wildman–Crippen LogP) is 5.67. The minimum Gasteiger partial charge on any atom is -0.236 e. The number of alkyl halides is 3. The van der Waals surface area contributed by atoms with E-state index in [0.29, 0.717) is 29.4 Å². The lowest BCUT2D eigenvalue weighted by molar-refractivity contribution is -0.137. The topological polar surface area (TPSA) is 50.3 Å². The van der Waals surface area contributed by atoms with Crippen molar-refractivity contribution in [3.05, 3.63) is 59.5 Å². The van der Waals surface area contributed by atoms with E-state index in [9.17, 15) is 21.6 Å². The molecule has 1 aliphatic heterocycles. The van der Waals surface area contributed by atoms with Gasteiger partial charge in [-0.3, -0.25) is 0 Å². The molecule has 0 bridgehead atoms. The molecule has 0 atom stereocenters. The van der Waals surface area contributed by atoms with E-state index in [4.69, 9.17) is 0 Å². The van der Waals surface area contributed by atoms with Crippen molar-refractivity contribution in [1.82, 2.24) is 9.29 Å². The van der Waals surface area contributed by atoms with Crippen LogP contribution in [0.25, 0.3) is 21.8 Å². The first-order valence-electron chi connectivity index (χ1n) is 9.49. The average Bonchev–Trinajstić information content (AvgIpc) is 3.24. The third-order valence-electron chi connectivity index (χ3n) is 5.07. The normalized spacial score (nSPS) is 16.0. The van der Waals surface area contributed by atoms with Crippen molar-refractivity contribution in [3.63, 3.8) is 0 Å². The fourth-order valence-corrected chi connectivity index (χ4v) is 5.75. The molecule has 158 valence electrons. The molecule has 2 aromatic carbocycles. The molecule has 9 heteroatoms. The van der Waals surface area contributed by atoms with Crippen molar-refractivity contribution >= 4 is 21.4 Å². The Balaban J connectivity index is 1.54. The molecule has 1 aliphatic rings. The molecule has 0 spiro atoms. The molecule has 0 aliphatic carbocycles. The highest BCUT2D eigenvalue weighted by Crippen LogP contribution is 2.33. The molecule has 4 rings (SSSR count). The van der Waals surface area contributed by atoms with Crippen LogP contribution >= 0.6 is 11.3 Å². The number of sulfonamides is 1. The minimum atomic E-state index is -4.37. The number of rotatable bonds is 4. The average molecular weight is 453 g/mol. The fourth-order valence-electron chi connectivity index (χ4n) is 3.39. The van der Waals surface area contributed by atoms with Gasteiger partial charge in [0.2, 0.25) is 10.0 Å². The number of hydrogen-bond acceptors (Lipinski definition) is 4. The molecule has 0 radical (unpaired) electrons. The zero-order valence-corrected chi connectivity index (χ0v) is 17.5. The Kier molecular flexibility index (Phi) is 5.69. The van der Waals surface area contributed by atoms with Crippen molar-refractivity contribution in [1.29, 1.82) is 0 Å². The molecule has 0 unspecified atom stereocenters. The van der Waals surface area contributed by atoms with E-state index in [-0.39, 0.29) is 4.90 Å². The van der Waals surface area contributed by atoms with Crippen molar-refractivity contribution < 1.29 is 21.6 Å². The van der Waals surface area contributed by atoms with Crippen LogP contribution in [-0.4, -0.2) is 30.8 Å². The van der Waals surface area contributed by atoms with Crippen molar-refractivity contribution in [2.45, 2.75) is 30.3 Å². The van der Waals surface area contributed by atoms with Gasteiger partial charge in [-0.2, -0.15) is 17.5 Å². The van der Waals surface area contributed by atoms with Crippen LogP contribution in [0.5, 0.6) is 0 Å². The Morgan fingerprint density at radius 2 is 1.47 bits per heavy atom. The first-order valence-corrected chi connectivity index (χ1v) is 11.8. The van der Waals surface area contributed by atoms with E-state index in [1.54, 1.807) is 29.6 Å². The van der Waals surface area contributed by atoms with Crippen LogP contribution in [0.3, 0.4) is 0 Å². The van der Waals surface area contributed by atoms with E-state index in [1.165, 1.54) is 27.8 Å². The number of hydrogen-bond donors (Lipinski definition) is 0. The molecular weight excluding hydrogens is 433 g/mol. The predicted molar refractivity (Wildman–Crippen MR) is 111 cm³/mol. The molecule has 30 heavy (non-hydrogen) atoms. The van der Waals surface area contributed by atoms with Gasteiger partial charge in [0.1, 0.15) is 5.01 Å². The second-order valence-electron chi connectivity index (χ2n) is 7.10. The van der Waals surface area contributed by atoms with Gasteiger partial charge in [-0.05, 0) is 37.1 Å². The monoisotopic (exact) mass is 452 g/mol. The van der Waals surface area contributed by atoms with Gasteiger partial charge >= 0.3 is 6.18 Å². The first kappa shape index (κ1) is 21.0. The standard InChI is InChI=1S/C21H19F3N2O2S2/c22-21(23,24)17-8-4-16(5-9-17)20-25-19(14-29-20)15-6-10-18(11-7-15)30(27,28)26-12-2-1-3-13-26/h4-11,14H,1-3,12-13H2. The maximum absolute atomic E-state index is 12.8. The fraction of sp³-hybridized carbons (Fsp3) is 0.286. The third-order valence-corrected chi connectivity index (χ3v) is 7.87. The lowest BCUT2D eigenvalue weighted by Gasteiger charge is -2.25. The van der Waals surface area contributed by atoms with Crippen molar-refractivity contribution in [2.24, 2.45) is 0 Å². The SMILES string of the molecule is O=S(=O)(c1ccc(-c2csc(-c3ccc(C(F)(F)F)cc3)n2)cc1)N1CCCCC1. The molecule has 1 aromatic heterocycles. The van der Waals surface area contributed by atoms with Gasteiger partial charge in [-0.15, -0.1) is 11.3 Å². The lowest BCUT2D eigenvalue weighted by Crippen LogP contribution is -2.35. The number of piperidine rings is 1. The van der Waals surface area contributed by atoms with E-state index in [1.807, 2.05) is 0 Å². The van der Waals surface area contributed by atoms with Gasteiger partial charge in [-0.25, -0.2) is 13.4 Å². The van der Waals surface area contributed by atoms with Gasteiger partial charge < -0.3 is 0 Å². The van der Waals surface area contributed by atoms with Crippen LogP contribution < -0.4 is 0 Å². The summed E-state index contributed by atoms with van der Waals surface area (Å²) in [5.41, 5.74) is 1.30. The molecule has 0 saturated carbocycles. The highest BCUT2D eigenvalue weighted by atomic mass is 32.2. The molecule has 4 nitrogen and oxygen atoms in total. The maximum atomic E-state index is 12.8. The van der Waals surface area contributed by atoms with Gasteiger partial charge in [0, 0.05) is 29.6 Å². The highest BCUT2D eigenvalue weighted by molar-refractivity contribution is 7.89. The van der Waals surface area contributed by atoms with Crippen LogP contribution in [0.1, 0.15) is 24.8 Å². The Labute approximate surface area is 177 Å². The van der Waals surface area contributed by atoms with Gasteiger partial charge in [0.25, 0.3) is 0 Å². The summed E-state index contributed by atoms with van der Waals surface area (Å²) in [7, 11) is -3.49. The number of halogens is 3. The van der Waals surface area contributed by atoms with Crippen LogP contribution in [0.4, 0.5) is 13.2 Å². The lowest BCUT2D eigenvalue weighted by atomic mass is 10.1. The zero-order valence-electron chi connectivity index (χ0n) is 15.9. The van der Waals surface area contributed by atoms with Crippen LogP contribution in [-0.2, 0) is 16.2 Å².